The zero-order valence-electron chi connectivity index (χ0n) is 20.6. The predicted molar refractivity (Wildman–Crippen MR) is 135 cm³/mol. The Balaban J connectivity index is 1.70. The molecule has 178 valence electrons. The molecule has 34 heavy (non-hydrogen) atoms. The molecule has 1 aliphatic rings. The van der Waals surface area contributed by atoms with Crippen molar-refractivity contribution in [3.8, 4) is 22.6 Å². The highest BCUT2D eigenvalue weighted by Gasteiger charge is 2.36. The molecule has 5 heteroatoms. The molecule has 0 saturated carbocycles. The topological polar surface area (TPSA) is 48.0 Å². The minimum absolute atomic E-state index is 0.206. The Kier molecular flexibility index (Phi) is 6.82. The maximum Gasteiger partial charge on any atom is 0.410 e. The van der Waals surface area contributed by atoms with E-state index in [1.54, 1.807) is 14.2 Å². The number of ether oxygens (including phenoxy) is 3. The molecule has 3 aromatic carbocycles. The highest BCUT2D eigenvalue weighted by Crippen LogP contribution is 2.41. The molecule has 0 fully saturated rings. The van der Waals surface area contributed by atoms with E-state index in [2.05, 4.69) is 42.5 Å². The van der Waals surface area contributed by atoms with Gasteiger partial charge in [-0.25, -0.2) is 4.79 Å². The highest BCUT2D eigenvalue weighted by atomic mass is 16.6. The normalized spacial score (nSPS) is 15.4. The number of carbonyl (C=O) groups is 1. The number of rotatable bonds is 5. The number of benzene rings is 3. The van der Waals surface area contributed by atoms with Gasteiger partial charge in [-0.15, -0.1) is 0 Å². The third kappa shape index (κ3) is 5.19. The van der Waals surface area contributed by atoms with Crippen molar-refractivity contribution in [2.75, 3.05) is 20.8 Å². The van der Waals surface area contributed by atoms with Crippen LogP contribution in [0.1, 0.15) is 43.5 Å². The number of hydrogen-bond acceptors (Lipinski definition) is 4. The molecule has 0 spiro atoms. The quantitative estimate of drug-likeness (QED) is 0.440. The van der Waals surface area contributed by atoms with E-state index in [-0.39, 0.29) is 12.1 Å². The van der Waals surface area contributed by atoms with Gasteiger partial charge in [-0.1, -0.05) is 54.6 Å². The van der Waals surface area contributed by atoms with Crippen molar-refractivity contribution in [2.45, 2.75) is 45.3 Å². The van der Waals surface area contributed by atoms with E-state index >= 15 is 0 Å². The molecule has 0 N–H and O–H groups in total. The van der Waals surface area contributed by atoms with E-state index in [4.69, 9.17) is 14.2 Å². The van der Waals surface area contributed by atoms with Crippen LogP contribution in [0, 0.1) is 0 Å². The summed E-state index contributed by atoms with van der Waals surface area (Å²) in [5.74, 6) is 1.49. The fourth-order valence-corrected chi connectivity index (χ4v) is 4.52. The standard InChI is InChI=1S/C29H33NO4/c1-29(2,3)34-28(31)30-16-15-23-18-24(32-4)19-26(33-5)27(23)25(30)17-20-11-13-22(14-12-20)21-9-7-6-8-10-21/h6-14,18-19,25H,15-17H2,1-5H3. The second kappa shape index (κ2) is 9.80. The molecule has 0 aromatic heterocycles. The van der Waals surface area contributed by atoms with Gasteiger partial charge in [0, 0.05) is 18.2 Å². The lowest BCUT2D eigenvalue weighted by Crippen LogP contribution is -2.44. The molecule has 3 aromatic rings. The summed E-state index contributed by atoms with van der Waals surface area (Å²) in [6.45, 7) is 6.26. The molecule has 1 heterocycles. The third-order valence-electron chi connectivity index (χ3n) is 6.11. The second-order valence-electron chi connectivity index (χ2n) is 9.61. The number of amides is 1. The predicted octanol–water partition coefficient (Wildman–Crippen LogP) is 6.45. The molecule has 1 atom stereocenters. The van der Waals surface area contributed by atoms with E-state index in [9.17, 15) is 4.79 Å². The van der Waals surface area contributed by atoms with Crippen molar-refractivity contribution in [3.63, 3.8) is 0 Å². The first-order valence-corrected chi connectivity index (χ1v) is 11.7. The first-order chi connectivity index (χ1) is 16.3. The molecule has 1 aliphatic heterocycles. The molecule has 1 unspecified atom stereocenters. The van der Waals surface area contributed by atoms with Crippen molar-refractivity contribution in [1.29, 1.82) is 0 Å². The average molecular weight is 460 g/mol. The number of methoxy groups -OCH3 is 2. The van der Waals surface area contributed by atoms with Crippen LogP contribution >= 0.6 is 0 Å². The van der Waals surface area contributed by atoms with Crippen LogP contribution in [0.3, 0.4) is 0 Å². The highest BCUT2D eigenvalue weighted by molar-refractivity contribution is 5.70. The maximum absolute atomic E-state index is 13.2. The first-order valence-electron chi connectivity index (χ1n) is 11.7. The van der Waals surface area contributed by atoms with Crippen LogP contribution in [0.5, 0.6) is 11.5 Å². The Morgan fingerprint density at radius 1 is 0.941 bits per heavy atom. The molecule has 4 rings (SSSR count). The third-order valence-corrected chi connectivity index (χ3v) is 6.11. The maximum atomic E-state index is 13.2. The first kappa shape index (κ1) is 23.7. The van der Waals surface area contributed by atoms with E-state index in [1.165, 1.54) is 11.1 Å². The smallest absolute Gasteiger partial charge is 0.410 e. The van der Waals surface area contributed by atoms with Gasteiger partial charge >= 0.3 is 6.09 Å². The van der Waals surface area contributed by atoms with Crippen LogP contribution in [0.2, 0.25) is 0 Å². The molecule has 5 nitrogen and oxygen atoms in total. The summed E-state index contributed by atoms with van der Waals surface area (Å²) in [6, 6.07) is 22.6. The molecule has 0 aliphatic carbocycles. The molecule has 0 bridgehead atoms. The summed E-state index contributed by atoms with van der Waals surface area (Å²) >= 11 is 0. The van der Waals surface area contributed by atoms with Crippen LogP contribution in [0.4, 0.5) is 4.79 Å². The summed E-state index contributed by atoms with van der Waals surface area (Å²) in [6.07, 6.45) is 1.07. The summed E-state index contributed by atoms with van der Waals surface area (Å²) in [4.78, 5) is 15.1. The van der Waals surface area contributed by atoms with Crippen molar-refractivity contribution >= 4 is 6.09 Å². The minimum Gasteiger partial charge on any atom is -0.497 e. The van der Waals surface area contributed by atoms with Crippen molar-refractivity contribution in [1.82, 2.24) is 4.90 Å². The summed E-state index contributed by atoms with van der Waals surface area (Å²) in [5.41, 5.74) is 5.09. The fraction of sp³-hybridized carbons (Fsp3) is 0.345. The van der Waals surface area contributed by atoms with Crippen LogP contribution in [0.25, 0.3) is 11.1 Å². The lowest BCUT2D eigenvalue weighted by molar-refractivity contribution is 0.0139. The largest absolute Gasteiger partial charge is 0.497 e. The van der Waals surface area contributed by atoms with Crippen molar-refractivity contribution in [3.05, 3.63) is 83.4 Å². The SMILES string of the molecule is COc1cc2c(c(OC)c1)C(Cc1ccc(-c3ccccc3)cc1)N(C(=O)OC(C)(C)C)CC2. The van der Waals surface area contributed by atoms with E-state index in [1.807, 2.05) is 49.9 Å². The molecular formula is C29H33NO4. The monoisotopic (exact) mass is 459 g/mol. The van der Waals surface area contributed by atoms with E-state index < -0.39 is 5.60 Å². The number of nitrogens with zero attached hydrogens (tertiary/aromatic N) is 1. The summed E-state index contributed by atoms with van der Waals surface area (Å²) < 4.78 is 17.0. The average Bonchev–Trinajstić information content (AvgIpc) is 2.83. The zero-order chi connectivity index (χ0) is 24.3. The lowest BCUT2D eigenvalue weighted by atomic mass is 9.87. The van der Waals surface area contributed by atoms with E-state index in [0.29, 0.717) is 19.4 Å². The molecule has 1 amide bonds. The lowest BCUT2D eigenvalue weighted by Gasteiger charge is -2.39. The molecule has 0 saturated heterocycles. The number of fused-ring (bicyclic) bond motifs is 1. The van der Waals surface area contributed by atoms with Gasteiger partial charge in [0.05, 0.1) is 20.3 Å². The van der Waals surface area contributed by atoms with Crippen LogP contribution in [0.15, 0.2) is 66.7 Å². The minimum atomic E-state index is -0.566. The van der Waals surface area contributed by atoms with Gasteiger partial charge in [-0.05, 0) is 61.9 Å². The van der Waals surface area contributed by atoms with Crippen molar-refractivity contribution in [2.24, 2.45) is 0 Å². The van der Waals surface area contributed by atoms with Crippen LogP contribution < -0.4 is 9.47 Å². The van der Waals surface area contributed by atoms with Crippen molar-refractivity contribution < 1.29 is 19.0 Å². The molecule has 0 radical (unpaired) electrons. The van der Waals surface area contributed by atoms with Gasteiger partial charge in [0.1, 0.15) is 17.1 Å². The Labute approximate surface area is 202 Å². The van der Waals surface area contributed by atoms with Gasteiger partial charge in [0.2, 0.25) is 0 Å². The summed E-state index contributed by atoms with van der Waals surface area (Å²) in [7, 11) is 3.32. The van der Waals surface area contributed by atoms with Gasteiger partial charge in [-0.2, -0.15) is 0 Å². The van der Waals surface area contributed by atoms with Gasteiger partial charge in [0.25, 0.3) is 0 Å². The zero-order valence-corrected chi connectivity index (χ0v) is 20.6. The molecular weight excluding hydrogens is 426 g/mol. The van der Waals surface area contributed by atoms with Gasteiger partial charge in [-0.3, -0.25) is 0 Å². The van der Waals surface area contributed by atoms with Gasteiger partial charge in [0.15, 0.2) is 0 Å². The van der Waals surface area contributed by atoms with Gasteiger partial charge < -0.3 is 19.1 Å². The fourth-order valence-electron chi connectivity index (χ4n) is 4.52. The van der Waals surface area contributed by atoms with Crippen LogP contribution in [-0.4, -0.2) is 37.4 Å². The summed E-state index contributed by atoms with van der Waals surface area (Å²) in [5, 5.41) is 0. The number of hydrogen-bond donors (Lipinski definition) is 0. The Morgan fingerprint density at radius 3 is 2.24 bits per heavy atom. The van der Waals surface area contributed by atoms with E-state index in [0.717, 1.165) is 28.2 Å². The Morgan fingerprint density at radius 2 is 1.62 bits per heavy atom. The second-order valence-corrected chi connectivity index (χ2v) is 9.61. The Bertz CT molecular complexity index is 1120. The van der Waals surface area contributed by atoms with Crippen LogP contribution in [-0.2, 0) is 17.6 Å². The number of carbonyl (C=O) groups excluding carboxylic acids is 1. The Hall–Kier alpha value is -3.47.